The highest BCUT2D eigenvalue weighted by atomic mass is 14.9. The molecule has 4 aromatic heterocycles. The number of aromatic nitrogens is 4. The third-order valence-electron chi connectivity index (χ3n) is 16.1. The van der Waals surface area contributed by atoms with Gasteiger partial charge in [-0.2, -0.15) is 0 Å². The number of benzene rings is 4. The van der Waals surface area contributed by atoms with E-state index < -0.39 is 0 Å². The minimum atomic E-state index is 0.207. The van der Waals surface area contributed by atoms with Crippen molar-refractivity contribution in [2.24, 2.45) is 33.6 Å². The first-order chi connectivity index (χ1) is 37.3. The van der Waals surface area contributed by atoms with Gasteiger partial charge in [0.2, 0.25) is 22.8 Å². The summed E-state index contributed by atoms with van der Waals surface area (Å²) < 4.78 is 8.86. The van der Waals surface area contributed by atoms with Gasteiger partial charge in [-0.15, -0.1) is 0 Å². The average Bonchev–Trinajstić information content (AvgIpc) is 3.94. The molecule has 4 aromatic carbocycles. The molecule has 0 spiro atoms. The maximum atomic E-state index is 2.41. The third-order valence-corrected chi connectivity index (χ3v) is 16.1. The van der Waals surface area contributed by atoms with E-state index >= 15 is 0 Å². The summed E-state index contributed by atoms with van der Waals surface area (Å²) >= 11 is 0. The molecule has 0 aliphatic heterocycles. The highest BCUT2D eigenvalue weighted by molar-refractivity contribution is 5.64. The summed E-state index contributed by atoms with van der Waals surface area (Å²) in [5, 5.41) is 0. The maximum absolute atomic E-state index is 2.41. The lowest BCUT2D eigenvalue weighted by atomic mass is 9.85. The first kappa shape index (κ1) is 61.7. The van der Waals surface area contributed by atoms with Crippen molar-refractivity contribution in [2.45, 2.75) is 173 Å². The van der Waals surface area contributed by atoms with Crippen LogP contribution in [0.15, 0.2) is 146 Å². The Kier molecular flexibility index (Phi) is 21.2. The summed E-state index contributed by atoms with van der Waals surface area (Å²) in [6.07, 6.45) is 17.8. The summed E-state index contributed by atoms with van der Waals surface area (Å²) in [6, 6.07) is 45.3. The topological polar surface area (TPSA) is 15.5 Å². The van der Waals surface area contributed by atoms with Crippen molar-refractivity contribution in [3.05, 3.63) is 213 Å². The van der Waals surface area contributed by atoms with E-state index in [1.54, 1.807) is 5.56 Å². The summed E-state index contributed by atoms with van der Waals surface area (Å²) in [7, 11) is 8.48. The van der Waals surface area contributed by atoms with Crippen LogP contribution in [0.2, 0.25) is 0 Å². The molecule has 0 saturated heterocycles. The van der Waals surface area contributed by atoms with Crippen molar-refractivity contribution >= 4 is 0 Å². The van der Waals surface area contributed by atoms with Crippen LogP contribution in [0.1, 0.15) is 173 Å². The molecule has 1 aliphatic carbocycles. The molecule has 0 N–H and O–H groups in total. The van der Waals surface area contributed by atoms with Gasteiger partial charge < -0.3 is 0 Å². The minimum absolute atomic E-state index is 0.207. The van der Waals surface area contributed by atoms with Crippen LogP contribution in [-0.2, 0) is 40.0 Å². The lowest BCUT2D eigenvalue weighted by molar-refractivity contribution is -0.660. The normalized spacial score (nSPS) is 12.6. The second-order valence-corrected chi connectivity index (χ2v) is 25.6. The van der Waals surface area contributed by atoms with Crippen LogP contribution in [0, 0.1) is 60.8 Å². The van der Waals surface area contributed by atoms with E-state index in [9.17, 15) is 0 Å². The van der Waals surface area contributed by atoms with Crippen LogP contribution < -0.4 is 18.3 Å². The van der Waals surface area contributed by atoms with Crippen molar-refractivity contribution in [1.29, 1.82) is 0 Å². The Bertz CT molecular complexity index is 3230. The first-order valence-electron chi connectivity index (χ1n) is 29.5. The van der Waals surface area contributed by atoms with Gasteiger partial charge in [-0.05, 0) is 203 Å². The van der Waals surface area contributed by atoms with E-state index in [1.165, 1.54) is 145 Å². The number of pyridine rings is 4. The lowest BCUT2D eigenvalue weighted by Gasteiger charge is -2.20. The molecule has 1 aliphatic rings. The van der Waals surface area contributed by atoms with Crippen LogP contribution in [0.5, 0.6) is 0 Å². The van der Waals surface area contributed by atoms with E-state index in [1.807, 2.05) is 0 Å². The second-order valence-electron chi connectivity index (χ2n) is 25.6. The zero-order valence-electron chi connectivity index (χ0n) is 52.7. The van der Waals surface area contributed by atoms with Crippen LogP contribution in [0.25, 0.3) is 45.0 Å². The Morgan fingerprint density at radius 2 is 0.785 bits per heavy atom. The molecule has 416 valence electrons. The molecule has 0 radical (unpaired) electrons. The molecule has 4 heterocycles. The largest absolute Gasteiger partial charge is 0.212 e. The predicted octanol–water partition coefficient (Wildman–Crippen LogP) is 17.6. The van der Waals surface area contributed by atoms with Crippen LogP contribution >= 0.6 is 0 Å². The Balaban J connectivity index is 0.000000170. The summed E-state index contributed by atoms with van der Waals surface area (Å²) in [4.78, 5) is 0. The molecule has 0 bridgehead atoms. The van der Waals surface area contributed by atoms with Gasteiger partial charge in [0.15, 0.2) is 24.8 Å². The molecule has 1 saturated carbocycles. The van der Waals surface area contributed by atoms with Crippen LogP contribution in [0.4, 0.5) is 0 Å². The standard InChI is InChI=1S/C19H24N.2C19H26N.C18H24N/c1-14-8-11-19(20(3)13-14)18-10-9-17(12-15(18)2)16-6-4-5-7-16;1-14-7-10-18(20(6)13-14)17-9-8-16(11-15(17)2)12-19(3,4)5;1-6-16(7-2)17-9-10-18(15(4)12-17)19-11-8-14(3)13-20(19)5;1-13-7-10-17(19(6)12-13)16-9-8-15(11-14(16)2)18(3,4)5/h8-13,16H,4-7H2,1-3H3;7-11,13H,12H2,1-6H3;8-13,16H,6-7H2,1-5H3;7-12H,1-6H3/q4*+1. The van der Waals surface area contributed by atoms with Crippen molar-refractivity contribution in [1.82, 2.24) is 0 Å². The Hall–Kier alpha value is -6.52. The van der Waals surface area contributed by atoms with Gasteiger partial charge in [0, 0.05) is 68.8 Å². The van der Waals surface area contributed by atoms with Gasteiger partial charge in [0.1, 0.15) is 28.2 Å². The van der Waals surface area contributed by atoms with Gasteiger partial charge in [0.25, 0.3) is 0 Å². The molecule has 79 heavy (non-hydrogen) atoms. The molecule has 4 nitrogen and oxygen atoms in total. The van der Waals surface area contributed by atoms with Gasteiger partial charge >= 0.3 is 0 Å². The fourth-order valence-corrected chi connectivity index (χ4v) is 11.7. The quantitative estimate of drug-likeness (QED) is 0.128. The minimum Gasteiger partial charge on any atom is -0.201 e. The van der Waals surface area contributed by atoms with Gasteiger partial charge in [-0.3, -0.25) is 0 Å². The number of nitrogens with zero attached hydrogens (tertiary/aromatic N) is 4. The molecular formula is C75H100N4+4. The molecule has 4 heteroatoms. The number of aryl methyl sites for hydroxylation is 12. The molecular weight excluding hydrogens is 957 g/mol. The van der Waals surface area contributed by atoms with Crippen molar-refractivity contribution in [2.75, 3.05) is 0 Å². The van der Waals surface area contributed by atoms with E-state index in [2.05, 4.69) is 303 Å². The smallest absolute Gasteiger partial charge is 0.201 e. The fourth-order valence-electron chi connectivity index (χ4n) is 11.7. The molecule has 0 atom stereocenters. The summed E-state index contributed by atoms with van der Waals surface area (Å²) in [6.45, 7) is 35.6. The van der Waals surface area contributed by atoms with E-state index in [4.69, 9.17) is 0 Å². The Labute approximate surface area is 480 Å². The lowest BCUT2D eigenvalue weighted by Crippen LogP contribution is -2.31. The van der Waals surface area contributed by atoms with Crippen LogP contribution in [0.3, 0.4) is 0 Å². The highest BCUT2D eigenvalue weighted by Crippen LogP contribution is 2.36. The van der Waals surface area contributed by atoms with Crippen molar-refractivity contribution in [3.8, 4) is 45.0 Å². The SMILES string of the molecule is CCC(CC)c1ccc(-c2ccc(C)c[n+]2C)c(C)c1.Cc1ccc(-c2ccc(C(C)(C)C)cc2C)[n+](C)c1.Cc1ccc(-c2ccc(C3CCCC3)cc2C)[n+](C)c1.Cc1ccc(-c2ccc(CC(C)(C)C)cc2C)[n+](C)c1. The third kappa shape index (κ3) is 16.8. The molecule has 0 amide bonds. The number of rotatable bonds is 9. The fraction of sp³-hybridized carbons (Fsp3) is 0.413. The molecule has 9 rings (SSSR count). The Morgan fingerprint density at radius 1 is 0.418 bits per heavy atom. The molecule has 1 fully saturated rings. The maximum Gasteiger partial charge on any atom is 0.212 e. The van der Waals surface area contributed by atoms with E-state index in [-0.39, 0.29) is 5.41 Å². The van der Waals surface area contributed by atoms with Gasteiger partial charge in [0.05, 0.1) is 0 Å². The van der Waals surface area contributed by atoms with Gasteiger partial charge in [-0.25, -0.2) is 18.3 Å². The van der Waals surface area contributed by atoms with Crippen molar-refractivity contribution < 1.29 is 18.3 Å². The molecule has 8 aromatic rings. The number of hydrogen-bond donors (Lipinski definition) is 0. The van der Waals surface area contributed by atoms with E-state index in [0.29, 0.717) is 11.3 Å². The average molecular weight is 1060 g/mol. The first-order valence-corrected chi connectivity index (χ1v) is 29.5. The predicted molar refractivity (Wildman–Crippen MR) is 337 cm³/mol. The monoisotopic (exact) mass is 1060 g/mol. The summed E-state index contributed by atoms with van der Waals surface area (Å²) in [5.74, 6) is 1.49. The van der Waals surface area contributed by atoms with E-state index in [0.717, 1.165) is 12.3 Å². The van der Waals surface area contributed by atoms with Crippen molar-refractivity contribution in [3.63, 3.8) is 0 Å². The zero-order valence-corrected chi connectivity index (χ0v) is 52.7. The van der Waals surface area contributed by atoms with Gasteiger partial charge in [-0.1, -0.05) is 117 Å². The zero-order chi connectivity index (χ0) is 57.9. The number of hydrogen-bond acceptors (Lipinski definition) is 0. The van der Waals surface area contributed by atoms with Crippen LogP contribution in [-0.4, -0.2) is 0 Å². The Morgan fingerprint density at radius 3 is 1.13 bits per heavy atom. The second kappa shape index (κ2) is 27.1. The molecule has 0 unspecified atom stereocenters. The highest BCUT2D eigenvalue weighted by Gasteiger charge is 2.22. The summed E-state index contributed by atoms with van der Waals surface area (Å²) in [5.41, 5.74) is 27.5.